The molecule has 1 saturated carbocycles. The molecule has 1 aromatic carbocycles. The molecule has 0 N–H and O–H groups in total. The second-order valence-electron chi connectivity index (χ2n) is 4.54. The third-order valence-corrected chi connectivity index (χ3v) is 3.06. The quantitative estimate of drug-likeness (QED) is 0.725. The molecule has 1 fully saturated rings. The lowest BCUT2D eigenvalue weighted by Gasteiger charge is -2.27. The molecule has 0 aliphatic heterocycles. The number of rotatable bonds is 4. The van der Waals surface area contributed by atoms with Crippen LogP contribution in [-0.4, -0.2) is 12.3 Å². The summed E-state index contributed by atoms with van der Waals surface area (Å²) in [7, 11) is 0. The Labute approximate surface area is 107 Å². The van der Waals surface area contributed by atoms with Crippen molar-refractivity contribution in [2.45, 2.75) is 39.2 Å². The van der Waals surface area contributed by atoms with Crippen molar-refractivity contribution in [2.75, 3.05) is 0 Å². The van der Waals surface area contributed by atoms with Crippen molar-refractivity contribution in [1.29, 1.82) is 0 Å². The molecule has 0 heterocycles. The first-order chi connectivity index (χ1) is 8.70. The van der Waals surface area contributed by atoms with Gasteiger partial charge >= 0.3 is 0 Å². The number of hydrogen-bond donors (Lipinski definition) is 0. The highest BCUT2D eigenvalue weighted by Crippen LogP contribution is 2.35. The number of aliphatic imine (C=N–C) groups is 1. The van der Waals surface area contributed by atoms with E-state index >= 15 is 0 Å². The summed E-state index contributed by atoms with van der Waals surface area (Å²) in [6.45, 7) is 3.77. The largest absolute Gasteiger partial charge is 0.488 e. The van der Waals surface area contributed by atoms with Gasteiger partial charge in [0.05, 0.1) is 6.10 Å². The summed E-state index contributed by atoms with van der Waals surface area (Å²) in [4.78, 5) is 4.34. The average molecular weight is 247 g/mol. The molecule has 3 heteroatoms. The molecule has 1 aromatic rings. The lowest BCUT2D eigenvalue weighted by atomic mass is 9.96. The lowest BCUT2D eigenvalue weighted by Crippen LogP contribution is -2.24. The first-order valence-corrected chi connectivity index (χ1v) is 6.33. The van der Waals surface area contributed by atoms with Crippen LogP contribution in [0.25, 0.3) is 0 Å². The van der Waals surface area contributed by atoms with Gasteiger partial charge in [-0.1, -0.05) is 6.08 Å². The van der Waals surface area contributed by atoms with E-state index in [1.807, 2.05) is 26.0 Å². The Kier molecular flexibility index (Phi) is 4.13. The highest BCUT2D eigenvalue weighted by atomic mass is 19.1. The Morgan fingerprint density at radius 3 is 2.78 bits per heavy atom. The van der Waals surface area contributed by atoms with Crippen molar-refractivity contribution < 1.29 is 9.13 Å². The van der Waals surface area contributed by atoms with Crippen molar-refractivity contribution in [2.24, 2.45) is 4.99 Å². The fourth-order valence-corrected chi connectivity index (χ4v) is 1.83. The zero-order valence-electron chi connectivity index (χ0n) is 10.8. The second-order valence-corrected chi connectivity index (χ2v) is 4.54. The van der Waals surface area contributed by atoms with E-state index in [-0.39, 0.29) is 11.9 Å². The molecule has 0 radical (unpaired) electrons. The summed E-state index contributed by atoms with van der Waals surface area (Å²) in [6.07, 6.45) is 8.96. The van der Waals surface area contributed by atoms with Crippen LogP contribution in [-0.2, 0) is 0 Å². The van der Waals surface area contributed by atoms with Gasteiger partial charge in [0.1, 0.15) is 17.3 Å². The molecular formula is C15H18FNO. The molecule has 1 aliphatic rings. The number of aryl methyl sites for hydroxylation is 1. The van der Waals surface area contributed by atoms with Gasteiger partial charge in [0.15, 0.2) is 0 Å². The number of hydrogen-bond acceptors (Lipinski definition) is 2. The van der Waals surface area contributed by atoms with Gasteiger partial charge in [0, 0.05) is 12.3 Å². The monoisotopic (exact) mass is 247 g/mol. The van der Waals surface area contributed by atoms with Gasteiger partial charge < -0.3 is 4.74 Å². The summed E-state index contributed by atoms with van der Waals surface area (Å²) in [5.41, 5.74) is 1.52. The molecule has 0 atom stereocenters. The second kappa shape index (κ2) is 5.80. The number of allylic oxidation sites excluding steroid dienone is 2. The number of halogens is 1. The highest BCUT2D eigenvalue weighted by Gasteiger charge is 2.21. The molecule has 96 valence electrons. The van der Waals surface area contributed by atoms with Crippen LogP contribution in [0.15, 0.2) is 29.3 Å². The van der Waals surface area contributed by atoms with E-state index in [4.69, 9.17) is 4.74 Å². The maximum Gasteiger partial charge on any atom is 0.148 e. The van der Waals surface area contributed by atoms with Gasteiger partial charge in [-0.15, -0.1) is 0 Å². The zero-order valence-corrected chi connectivity index (χ0v) is 10.8. The fourth-order valence-electron chi connectivity index (χ4n) is 1.83. The summed E-state index contributed by atoms with van der Waals surface area (Å²) >= 11 is 0. The Morgan fingerprint density at radius 2 is 2.17 bits per heavy atom. The molecule has 0 spiro atoms. The minimum Gasteiger partial charge on any atom is -0.488 e. The number of ether oxygens (including phenoxy) is 1. The van der Waals surface area contributed by atoms with Gasteiger partial charge in [-0.3, -0.25) is 4.99 Å². The summed E-state index contributed by atoms with van der Waals surface area (Å²) < 4.78 is 19.2. The zero-order chi connectivity index (χ0) is 13.0. The Balaban J connectivity index is 2.28. The molecule has 0 bridgehead atoms. The van der Waals surface area contributed by atoms with Gasteiger partial charge in [0.25, 0.3) is 0 Å². The molecule has 2 rings (SSSR count). The molecule has 18 heavy (non-hydrogen) atoms. The minimum atomic E-state index is -0.271. The van der Waals surface area contributed by atoms with Crippen LogP contribution < -0.4 is 4.74 Å². The lowest BCUT2D eigenvalue weighted by molar-refractivity contribution is 0.120. The molecule has 0 aromatic heterocycles. The highest BCUT2D eigenvalue weighted by molar-refractivity contribution is 5.76. The summed E-state index contributed by atoms with van der Waals surface area (Å²) in [5, 5.41) is 0. The van der Waals surface area contributed by atoms with Crippen LogP contribution in [0.5, 0.6) is 5.75 Å². The molecule has 0 saturated heterocycles. The average Bonchev–Trinajstić information content (AvgIpc) is 2.27. The van der Waals surface area contributed by atoms with E-state index in [1.54, 1.807) is 6.21 Å². The smallest absolute Gasteiger partial charge is 0.148 e. The van der Waals surface area contributed by atoms with E-state index in [0.717, 1.165) is 24.1 Å². The van der Waals surface area contributed by atoms with Crippen molar-refractivity contribution in [3.8, 4) is 5.75 Å². The number of benzene rings is 1. The minimum absolute atomic E-state index is 0.224. The predicted molar refractivity (Wildman–Crippen MR) is 72.4 cm³/mol. The van der Waals surface area contributed by atoms with Gasteiger partial charge in [-0.05, 0) is 50.8 Å². The van der Waals surface area contributed by atoms with Gasteiger partial charge in [-0.25, -0.2) is 4.39 Å². The van der Waals surface area contributed by atoms with Crippen molar-refractivity contribution >= 4 is 11.9 Å². The van der Waals surface area contributed by atoms with Crippen molar-refractivity contribution in [3.63, 3.8) is 0 Å². The number of nitrogens with zero attached hydrogens (tertiary/aromatic N) is 1. The van der Waals surface area contributed by atoms with E-state index in [9.17, 15) is 4.39 Å². The van der Waals surface area contributed by atoms with E-state index in [2.05, 4.69) is 4.99 Å². The maximum absolute atomic E-state index is 13.4. The van der Waals surface area contributed by atoms with Crippen LogP contribution in [0, 0.1) is 12.7 Å². The van der Waals surface area contributed by atoms with E-state index in [1.165, 1.54) is 18.6 Å². The standard InChI is InChI=1S/C15H18FNO/c1-3-4-8-17-15-11(2)9-12(16)10-14(15)18-13-6-5-7-13/h3-4,8-10,13H,5-7H2,1-2H3/b4-3+,17-8?. The third kappa shape index (κ3) is 2.97. The SMILES string of the molecule is C/C=C/C=Nc1c(C)cc(F)cc1OC1CCC1. The van der Waals surface area contributed by atoms with Crippen LogP contribution in [0.3, 0.4) is 0 Å². The topological polar surface area (TPSA) is 21.6 Å². The predicted octanol–water partition coefficient (Wildman–Crippen LogP) is 4.34. The Hall–Kier alpha value is -1.64. The Bertz CT molecular complexity index is 476. The Morgan fingerprint density at radius 1 is 1.39 bits per heavy atom. The molecule has 0 amide bonds. The summed E-state index contributed by atoms with van der Waals surface area (Å²) in [6, 6.07) is 2.91. The molecule has 2 nitrogen and oxygen atoms in total. The third-order valence-electron chi connectivity index (χ3n) is 3.06. The first-order valence-electron chi connectivity index (χ1n) is 6.33. The molecular weight excluding hydrogens is 229 g/mol. The maximum atomic E-state index is 13.4. The normalized spacial score (nSPS) is 16.4. The van der Waals surface area contributed by atoms with E-state index < -0.39 is 0 Å². The summed E-state index contributed by atoms with van der Waals surface area (Å²) in [5.74, 6) is 0.282. The van der Waals surface area contributed by atoms with Gasteiger partial charge in [-0.2, -0.15) is 0 Å². The molecule has 0 unspecified atom stereocenters. The van der Waals surface area contributed by atoms with Crippen LogP contribution in [0.2, 0.25) is 0 Å². The van der Waals surface area contributed by atoms with Crippen molar-refractivity contribution in [1.82, 2.24) is 0 Å². The molecule has 1 aliphatic carbocycles. The fraction of sp³-hybridized carbons (Fsp3) is 0.400. The van der Waals surface area contributed by atoms with E-state index in [0.29, 0.717) is 5.75 Å². The van der Waals surface area contributed by atoms with Crippen LogP contribution in [0.4, 0.5) is 10.1 Å². The van der Waals surface area contributed by atoms with Crippen LogP contribution in [0.1, 0.15) is 31.7 Å². The first kappa shape index (κ1) is 12.8. The van der Waals surface area contributed by atoms with Crippen molar-refractivity contribution in [3.05, 3.63) is 35.7 Å². The van der Waals surface area contributed by atoms with Gasteiger partial charge in [0.2, 0.25) is 0 Å². The van der Waals surface area contributed by atoms with Crippen LogP contribution >= 0.6 is 0 Å².